The molecule has 1 fully saturated rings. The van der Waals surface area contributed by atoms with Crippen LogP contribution in [-0.2, 0) is 16.0 Å². The Morgan fingerprint density at radius 1 is 1.38 bits per heavy atom. The van der Waals surface area contributed by atoms with Gasteiger partial charge in [-0.15, -0.1) is 0 Å². The Kier molecular flexibility index (Phi) is 5.30. The van der Waals surface area contributed by atoms with Gasteiger partial charge >= 0.3 is 0 Å². The van der Waals surface area contributed by atoms with Crippen LogP contribution in [0.3, 0.4) is 0 Å². The predicted molar refractivity (Wildman–Crippen MR) is 75.3 cm³/mol. The molecule has 7 heteroatoms. The molecule has 1 aliphatic rings. The number of nitrogens with zero attached hydrogens (tertiary/aromatic N) is 3. The normalized spacial score (nSPS) is 16.0. The Morgan fingerprint density at radius 3 is 2.67 bits per heavy atom. The second kappa shape index (κ2) is 7.19. The maximum absolute atomic E-state index is 12.1. The number of hydrogen-bond donors (Lipinski definition) is 1. The fraction of sp³-hybridized carbons (Fsp3) is 0.714. The van der Waals surface area contributed by atoms with Gasteiger partial charge in [-0.1, -0.05) is 5.16 Å². The molecule has 0 aromatic carbocycles. The van der Waals surface area contributed by atoms with Gasteiger partial charge in [0, 0.05) is 38.9 Å². The summed E-state index contributed by atoms with van der Waals surface area (Å²) in [6.45, 7) is 3.10. The standard InChI is InChI=1S/C14H22N4O3/c1-10-16-12(21-17-10)4-3-5-13(19)18-8-6-11(7-9-18)14(20)15-2/h11H,3-9H2,1-2H3,(H,15,20). The van der Waals surface area contributed by atoms with Crippen molar-refractivity contribution in [2.45, 2.75) is 39.0 Å². The molecule has 2 heterocycles. The quantitative estimate of drug-likeness (QED) is 0.863. The molecule has 2 rings (SSSR count). The van der Waals surface area contributed by atoms with E-state index in [4.69, 9.17) is 4.52 Å². The molecule has 0 aliphatic carbocycles. The smallest absolute Gasteiger partial charge is 0.226 e. The zero-order chi connectivity index (χ0) is 15.2. The number of aryl methyl sites for hydroxylation is 2. The van der Waals surface area contributed by atoms with Crippen molar-refractivity contribution in [2.75, 3.05) is 20.1 Å². The summed E-state index contributed by atoms with van der Waals surface area (Å²) in [7, 11) is 1.65. The van der Waals surface area contributed by atoms with Crippen LogP contribution in [0.5, 0.6) is 0 Å². The van der Waals surface area contributed by atoms with Gasteiger partial charge in [0.05, 0.1) is 0 Å². The van der Waals surface area contributed by atoms with Crippen molar-refractivity contribution >= 4 is 11.8 Å². The molecule has 116 valence electrons. The van der Waals surface area contributed by atoms with Crippen LogP contribution in [0.25, 0.3) is 0 Å². The molecule has 1 aromatic rings. The lowest BCUT2D eigenvalue weighted by atomic mass is 9.95. The van der Waals surface area contributed by atoms with Crippen molar-refractivity contribution in [3.8, 4) is 0 Å². The highest BCUT2D eigenvalue weighted by molar-refractivity contribution is 5.79. The topological polar surface area (TPSA) is 88.3 Å². The van der Waals surface area contributed by atoms with Crippen molar-refractivity contribution in [1.82, 2.24) is 20.4 Å². The molecule has 1 N–H and O–H groups in total. The highest BCUT2D eigenvalue weighted by atomic mass is 16.5. The lowest BCUT2D eigenvalue weighted by Gasteiger charge is -2.31. The third-order valence-corrected chi connectivity index (χ3v) is 3.82. The van der Waals surface area contributed by atoms with E-state index in [0.29, 0.717) is 44.1 Å². The average molecular weight is 294 g/mol. The molecule has 1 aliphatic heterocycles. The molecule has 0 atom stereocenters. The van der Waals surface area contributed by atoms with Crippen LogP contribution >= 0.6 is 0 Å². The fourth-order valence-electron chi connectivity index (χ4n) is 2.59. The third kappa shape index (κ3) is 4.27. The summed E-state index contributed by atoms with van der Waals surface area (Å²) in [5.74, 6) is 1.46. The second-order valence-electron chi connectivity index (χ2n) is 5.36. The number of aromatic nitrogens is 2. The Balaban J connectivity index is 1.69. The van der Waals surface area contributed by atoms with Crippen molar-refractivity contribution in [1.29, 1.82) is 0 Å². The number of likely N-dealkylation sites (tertiary alicyclic amines) is 1. The molecular weight excluding hydrogens is 272 g/mol. The van der Waals surface area contributed by atoms with Crippen LogP contribution in [0.2, 0.25) is 0 Å². The summed E-state index contributed by atoms with van der Waals surface area (Å²) >= 11 is 0. The van der Waals surface area contributed by atoms with Gasteiger partial charge in [-0.05, 0) is 26.2 Å². The van der Waals surface area contributed by atoms with Crippen molar-refractivity contribution in [3.63, 3.8) is 0 Å². The van der Waals surface area contributed by atoms with Gasteiger partial charge in [0.2, 0.25) is 17.7 Å². The number of nitrogens with one attached hydrogen (secondary N) is 1. The van der Waals surface area contributed by atoms with E-state index in [2.05, 4.69) is 15.5 Å². The van der Waals surface area contributed by atoms with E-state index in [1.165, 1.54) is 0 Å². The number of carbonyl (C=O) groups excluding carboxylic acids is 2. The van der Waals surface area contributed by atoms with E-state index in [-0.39, 0.29) is 17.7 Å². The van der Waals surface area contributed by atoms with Gasteiger partial charge in [0.15, 0.2) is 5.82 Å². The van der Waals surface area contributed by atoms with Crippen LogP contribution in [0.15, 0.2) is 4.52 Å². The van der Waals surface area contributed by atoms with Gasteiger partial charge in [0.1, 0.15) is 0 Å². The molecule has 21 heavy (non-hydrogen) atoms. The first-order chi connectivity index (χ1) is 10.1. The maximum atomic E-state index is 12.1. The van der Waals surface area contributed by atoms with Crippen molar-refractivity contribution in [3.05, 3.63) is 11.7 Å². The third-order valence-electron chi connectivity index (χ3n) is 3.82. The number of hydrogen-bond acceptors (Lipinski definition) is 5. The summed E-state index contributed by atoms with van der Waals surface area (Å²) in [6, 6.07) is 0. The first-order valence-corrected chi connectivity index (χ1v) is 7.38. The Labute approximate surface area is 124 Å². The van der Waals surface area contributed by atoms with E-state index < -0.39 is 0 Å². The molecule has 0 radical (unpaired) electrons. The molecule has 0 bridgehead atoms. The second-order valence-corrected chi connectivity index (χ2v) is 5.36. The first-order valence-electron chi connectivity index (χ1n) is 7.38. The number of piperidine rings is 1. The van der Waals surface area contributed by atoms with Crippen molar-refractivity contribution in [2.24, 2.45) is 5.92 Å². The van der Waals surface area contributed by atoms with E-state index in [0.717, 1.165) is 12.8 Å². The van der Waals surface area contributed by atoms with Gasteiger partial charge in [-0.25, -0.2) is 0 Å². The highest BCUT2D eigenvalue weighted by Crippen LogP contribution is 2.18. The summed E-state index contributed by atoms with van der Waals surface area (Å²) in [6.07, 6.45) is 3.30. The summed E-state index contributed by atoms with van der Waals surface area (Å²) in [4.78, 5) is 29.6. The van der Waals surface area contributed by atoms with Gasteiger partial charge in [-0.3, -0.25) is 9.59 Å². The van der Waals surface area contributed by atoms with E-state index in [1.807, 2.05) is 4.90 Å². The predicted octanol–water partition coefficient (Wildman–Crippen LogP) is 0.685. The monoisotopic (exact) mass is 294 g/mol. The Hall–Kier alpha value is -1.92. The molecule has 1 aromatic heterocycles. The highest BCUT2D eigenvalue weighted by Gasteiger charge is 2.26. The van der Waals surface area contributed by atoms with Crippen LogP contribution in [0.4, 0.5) is 0 Å². The number of amides is 2. The molecule has 2 amide bonds. The Morgan fingerprint density at radius 2 is 2.10 bits per heavy atom. The zero-order valence-corrected chi connectivity index (χ0v) is 12.6. The largest absolute Gasteiger partial charge is 0.359 e. The summed E-state index contributed by atoms with van der Waals surface area (Å²) in [5.41, 5.74) is 0. The van der Waals surface area contributed by atoms with Gasteiger partial charge < -0.3 is 14.7 Å². The molecule has 0 saturated carbocycles. The fourth-order valence-corrected chi connectivity index (χ4v) is 2.59. The zero-order valence-electron chi connectivity index (χ0n) is 12.6. The average Bonchev–Trinajstić information content (AvgIpc) is 2.92. The minimum atomic E-state index is 0.0421. The van der Waals surface area contributed by atoms with E-state index in [9.17, 15) is 9.59 Å². The molecular formula is C14H22N4O3. The van der Waals surface area contributed by atoms with Gasteiger partial charge in [-0.2, -0.15) is 4.98 Å². The SMILES string of the molecule is CNC(=O)C1CCN(C(=O)CCCc2nc(C)no2)CC1. The summed E-state index contributed by atoms with van der Waals surface area (Å²) < 4.78 is 5.01. The van der Waals surface area contributed by atoms with Gasteiger partial charge in [0.25, 0.3) is 0 Å². The minimum absolute atomic E-state index is 0.0421. The molecule has 7 nitrogen and oxygen atoms in total. The molecule has 1 saturated heterocycles. The lowest BCUT2D eigenvalue weighted by Crippen LogP contribution is -2.42. The number of carbonyl (C=O) groups is 2. The van der Waals surface area contributed by atoms with Crippen LogP contribution < -0.4 is 5.32 Å². The van der Waals surface area contributed by atoms with Crippen LogP contribution in [0, 0.1) is 12.8 Å². The van der Waals surface area contributed by atoms with Crippen LogP contribution in [-0.4, -0.2) is 47.0 Å². The van der Waals surface area contributed by atoms with E-state index >= 15 is 0 Å². The molecule has 0 spiro atoms. The van der Waals surface area contributed by atoms with Crippen molar-refractivity contribution < 1.29 is 14.1 Å². The maximum Gasteiger partial charge on any atom is 0.226 e. The van der Waals surface area contributed by atoms with Crippen LogP contribution in [0.1, 0.15) is 37.4 Å². The van der Waals surface area contributed by atoms with E-state index in [1.54, 1.807) is 14.0 Å². The minimum Gasteiger partial charge on any atom is -0.359 e. The molecule has 0 unspecified atom stereocenters. The number of rotatable bonds is 5. The summed E-state index contributed by atoms with van der Waals surface area (Å²) in [5, 5.41) is 6.39. The Bertz CT molecular complexity index is 492. The lowest BCUT2D eigenvalue weighted by molar-refractivity contribution is -0.135. The first kappa shape index (κ1) is 15.5.